The van der Waals surface area contributed by atoms with Crippen LogP contribution in [0.1, 0.15) is 68.2 Å². The van der Waals surface area contributed by atoms with Gasteiger partial charge < -0.3 is 34.3 Å². The molecule has 6 unspecified atom stereocenters. The number of aliphatic hydroxyl groups excluding tert-OH is 3. The monoisotopic (exact) mass is 552 g/mol. The van der Waals surface area contributed by atoms with Crippen LogP contribution in [0.15, 0.2) is 34.1 Å². The third-order valence-corrected chi connectivity index (χ3v) is 7.37. The lowest BCUT2D eigenvalue weighted by Crippen LogP contribution is -2.49. The van der Waals surface area contributed by atoms with E-state index in [1.165, 1.54) is 33.8 Å². The molecule has 11 nitrogen and oxygen atoms in total. The zero-order chi connectivity index (χ0) is 29.8. The van der Waals surface area contributed by atoms with E-state index in [0.29, 0.717) is 11.1 Å². The number of carbonyl (C=O) groups excluding carboxylic acids is 4. The zero-order valence-corrected chi connectivity index (χ0v) is 23.8. The highest BCUT2D eigenvalue weighted by atomic mass is 16.6. The van der Waals surface area contributed by atoms with Crippen molar-refractivity contribution in [1.29, 1.82) is 0 Å². The minimum absolute atomic E-state index is 0.104. The van der Waals surface area contributed by atoms with E-state index >= 15 is 0 Å². The van der Waals surface area contributed by atoms with Crippen molar-refractivity contribution >= 4 is 23.9 Å². The van der Waals surface area contributed by atoms with Gasteiger partial charge in [-0.15, -0.1) is 0 Å². The standard InChI is InChI=1S/C28H40O11/c1-13-21(34)11-22(35)19(12-29)9-24(37-16(4)31)20-10-23(36-15(3)30)14(2)25(28(20,7)8)27(39-18(6)33)26(13)38-17(5)32/h9,20-24,27,29,34-35H,10-12H2,1-8H3. The molecule has 218 valence electrons. The number of esters is 4. The second kappa shape index (κ2) is 12.9. The first-order chi connectivity index (χ1) is 18.0. The smallest absolute Gasteiger partial charge is 0.307 e. The molecule has 2 rings (SSSR count). The van der Waals surface area contributed by atoms with E-state index in [1.54, 1.807) is 6.92 Å². The number of rotatable bonds is 5. The SMILES string of the molecule is CC(=O)OC1=C(C)C(O)CC(O)C(CO)=CC(OC(C)=O)C2CC(OC(C)=O)C(C)=C(C1OC(C)=O)C2(C)C. The lowest BCUT2D eigenvalue weighted by atomic mass is 9.60. The van der Waals surface area contributed by atoms with Crippen LogP contribution in [0.3, 0.4) is 0 Å². The number of carbonyl (C=O) groups is 4. The molecule has 0 fully saturated rings. The Morgan fingerprint density at radius 2 is 1.41 bits per heavy atom. The molecule has 3 N–H and O–H groups in total. The minimum Gasteiger partial charge on any atom is -0.458 e. The molecule has 0 aromatic heterocycles. The van der Waals surface area contributed by atoms with Gasteiger partial charge in [0, 0.05) is 40.0 Å². The molecule has 0 spiro atoms. The van der Waals surface area contributed by atoms with E-state index in [9.17, 15) is 34.5 Å². The van der Waals surface area contributed by atoms with Gasteiger partial charge in [-0.2, -0.15) is 0 Å². The number of hydrogen-bond donors (Lipinski definition) is 3. The maximum atomic E-state index is 12.4. The van der Waals surface area contributed by atoms with Crippen LogP contribution in [-0.4, -0.2) is 76.3 Å². The molecule has 2 aliphatic carbocycles. The fraction of sp³-hybridized carbons (Fsp3) is 0.643. The molecule has 39 heavy (non-hydrogen) atoms. The summed E-state index contributed by atoms with van der Waals surface area (Å²) in [5, 5.41) is 32.1. The number of aliphatic hydroxyl groups is 3. The second-order valence-electron chi connectivity index (χ2n) is 10.6. The lowest BCUT2D eigenvalue weighted by Gasteiger charge is -2.48. The summed E-state index contributed by atoms with van der Waals surface area (Å²) in [5.41, 5.74) is 0.215. The number of ether oxygens (including phenoxy) is 4. The van der Waals surface area contributed by atoms with Gasteiger partial charge in [0.1, 0.15) is 12.2 Å². The maximum Gasteiger partial charge on any atom is 0.307 e. The minimum atomic E-state index is -1.39. The summed E-state index contributed by atoms with van der Waals surface area (Å²) in [6.45, 7) is 11.0. The average molecular weight is 553 g/mol. The quantitative estimate of drug-likeness (QED) is 0.259. The summed E-state index contributed by atoms with van der Waals surface area (Å²) in [4.78, 5) is 48.9. The van der Waals surface area contributed by atoms with Gasteiger partial charge in [-0.3, -0.25) is 19.2 Å². The molecule has 2 bridgehead atoms. The van der Waals surface area contributed by atoms with Gasteiger partial charge in [-0.25, -0.2) is 0 Å². The van der Waals surface area contributed by atoms with Crippen molar-refractivity contribution in [3.05, 3.63) is 34.1 Å². The average Bonchev–Trinajstić information content (AvgIpc) is 2.79. The van der Waals surface area contributed by atoms with Gasteiger partial charge in [0.05, 0.1) is 18.8 Å². The maximum absolute atomic E-state index is 12.4. The summed E-state index contributed by atoms with van der Waals surface area (Å²) in [6.07, 6.45) is -4.61. The Bertz CT molecular complexity index is 1080. The fourth-order valence-electron chi connectivity index (χ4n) is 5.52. The first-order valence-corrected chi connectivity index (χ1v) is 12.8. The van der Waals surface area contributed by atoms with Crippen LogP contribution >= 0.6 is 0 Å². The van der Waals surface area contributed by atoms with Crippen molar-refractivity contribution in [2.24, 2.45) is 11.3 Å². The van der Waals surface area contributed by atoms with Gasteiger partial charge in [0.15, 0.2) is 11.9 Å². The third-order valence-electron chi connectivity index (χ3n) is 7.37. The van der Waals surface area contributed by atoms with Crippen LogP contribution in [0.25, 0.3) is 0 Å². The number of hydrogen-bond acceptors (Lipinski definition) is 11. The Morgan fingerprint density at radius 3 is 1.90 bits per heavy atom. The van der Waals surface area contributed by atoms with Crippen molar-refractivity contribution in [1.82, 2.24) is 0 Å². The molecule has 2 aliphatic rings. The number of fused-ring (bicyclic) bond motifs is 2. The Labute approximate surface area is 228 Å². The first kappa shape index (κ1) is 32.2. The summed E-state index contributed by atoms with van der Waals surface area (Å²) in [7, 11) is 0. The van der Waals surface area contributed by atoms with Gasteiger partial charge in [-0.05, 0) is 54.1 Å². The van der Waals surface area contributed by atoms with Crippen LogP contribution in [-0.2, 0) is 38.1 Å². The molecular formula is C28H40O11. The molecule has 0 amide bonds. The van der Waals surface area contributed by atoms with E-state index in [0.717, 1.165) is 6.92 Å². The molecule has 6 atom stereocenters. The highest BCUT2D eigenvalue weighted by molar-refractivity contribution is 5.70. The summed E-state index contributed by atoms with van der Waals surface area (Å²) < 4.78 is 22.6. The van der Waals surface area contributed by atoms with Crippen molar-refractivity contribution in [3.63, 3.8) is 0 Å². The summed E-state index contributed by atoms with van der Waals surface area (Å²) in [5.74, 6) is -3.43. The van der Waals surface area contributed by atoms with E-state index in [1.807, 2.05) is 13.8 Å². The molecule has 0 heterocycles. The topological polar surface area (TPSA) is 166 Å². The van der Waals surface area contributed by atoms with Crippen LogP contribution in [0.5, 0.6) is 0 Å². The molecule has 11 heteroatoms. The van der Waals surface area contributed by atoms with Crippen LogP contribution in [0, 0.1) is 11.3 Å². The van der Waals surface area contributed by atoms with Crippen molar-refractivity contribution < 1.29 is 53.4 Å². The van der Waals surface area contributed by atoms with E-state index in [-0.39, 0.29) is 29.7 Å². The van der Waals surface area contributed by atoms with Crippen LogP contribution in [0.2, 0.25) is 0 Å². The Kier molecular flexibility index (Phi) is 10.6. The largest absolute Gasteiger partial charge is 0.458 e. The molecule has 0 saturated carbocycles. The van der Waals surface area contributed by atoms with E-state index in [4.69, 9.17) is 18.9 Å². The molecule has 0 aliphatic heterocycles. The van der Waals surface area contributed by atoms with E-state index < -0.39 is 72.3 Å². The molecule has 0 saturated heterocycles. The molecule has 0 aromatic rings. The predicted molar refractivity (Wildman–Crippen MR) is 138 cm³/mol. The van der Waals surface area contributed by atoms with Crippen LogP contribution in [0.4, 0.5) is 0 Å². The van der Waals surface area contributed by atoms with Crippen molar-refractivity contribution in [3.8, 4) is 0 Å². The molecular weight excluding hydrogens is 512 g/mol. The Balaban J connectivity index is 3.05. The molecule has 0 aromatic carbocycles. The first-order valence-electron chi connectivity index (χ1n) is 12.8. The van der Waals surface area contributed by atoms with E-state index in [2.05, 4.69) is 0 Å². The second-order valence-corrected chi connectivity index (χ2v) is 10.6. The highest BCUT2D eigenvalue weighted by Crippen LogP contribution is 2.51. The highest BCUT2D eigenvalue weighted by Gasteiger charge is 2.51. The van der Waals surface area contributed by atoms with Crippen molar-refractivity contribution in [2.75, 3.05) is 6.61 Å². The Morgan fingerprint density at radius 1 is 0.846 bits per heavy atom. The van der Waals surface area contributed by atoms with Gasteiger partial charge in [0.25, 0.3) is 0 Å². The lowest BCUT2D eigenvalue weighted by molar-refractivity contribution is -0.156. The van der Waals surface area contributed by atoms with Crippen molar-refractivity contribution in [2.45, 2.75) is 98.8 Å². The Hall–Kier alpha value is -3.02. The van der Waals surface area contributed by atoms with Crippen LogP contribution < -0.4 is 0 Å². The van der Waals surface area contributed by atoms with Gasteiger partial charge in [-0.1, -0.05) is 13.8 Å². The van der Waals surface area contributed by atoms with Gasteiger partial charge >= 0.3 is 23.9 Å². The fourth-order valence-corrected chi connectivity index (χ4v) is 5.52. The van der Waals surface area contributed by atoms with Gasteiger partial charge in [0.2, 0.25) is 0 Å². The predicted octanol–water partition coefficient (Wildman–Crippen LogP) is 2.03. The third kappa shape index (κ3) is 7.55. The summed E-state index contributed by atoms with van der Waals surface area (Å²) >= 11 is 0. The summed E-state index contributed by atoms with van der Waals surface area (Å²) in [6, 6.07) is 0. The zero-order valence-electron chi connectivity index (χ0n) is 23.8. The normalized spacial score (nSPS) is 29.4. The molecule has 0 radical (unpaired) electrons.